The Balaban J connectivity index is 1.54. The Morgan fingerprint density at radius 3 is 2.21 bits per heavy atom. The largest absolute Gasteiger partial charge is 0.496 e. The fourth-order valence-corrected chi connectivity index (χ4v) is 4.55. The number of ether oxygens (including phenoxy) is 2. The van der Waals surface area contributed by atoms with Gasteiger partial charge in [0.2, 0.25) is 5.91 Å². The summed E-state index contributed by atoms with van der Waals surface area (Å²) >= 11 is 0. The second-order valence-corrected chi connectivity index (χ2v) is 8.40. The SMILES string of the molecule is COc1ccccc1C(=O)N1CCC(Cc2ccc(-c3ccccc3OC)cc2)(C(N)=O)C1. The first-order chi connectivity index (χ1) is 16.0. The van der Waals surface area contributed by atoms with Crippen molar-refractivity contribution in [2.24, 2.45) is 11.1 Å². The first kappa shape index (κ1) is 22.4. The van der Waals surface area contributed by atoms with E-state index < -0.39 is 5.41 Å². The Labute approximate surface area is 193 Å². The molecule has 1 aliphatic heterocycles. The lowest BCUT2D eigenvalue weighted by molar-refractivity contribution is -0.126. The standard InChI is InChI=1S/C27H28N2O4/c1-32-23-9-5-3-7-21(23)20-13-11-19(12-14-20)17-27(26(28)31)15-16-29(18-27)25(30)22-8-4-6-10-24(22)33-2/h3-14H,15-18H2,1-2H3,(H2,28,31). The Morgan fingerprint density at radius 1 is 0.909 bits per heavy atom. The smallest absolute Gasteiger partial charge is 0.257 e. The van der Waals surface area contributed by atoms with Gasteiger partial charge in [0, 0.05) is 18.7 Å². The number of nitrogens with zero attached hydrogens (tertiary/aromatic N) is 1. The molecule has 0 aromatic heterocycles. The number of para-hydroxylation sites is 2. The number of methoxy groups -OCH3 is 2. The molecule has 1 fully saturated rings. The molecular weight excluding hydrogens is 416 g/mol. The molecule has 3 aromatic rings. The zero-order valence-corrected chi connectivity index (χ0v) is 18.9. The highest BCUT2D eigenvalue weighted by Crippen LogP contribution is 2.37. The third kappa shape index (κ3) is 4.42. The summed E-state index contributed by atoms with van der Waals surface area (Å²) in [7, 11) is 3.19. The Morgan fingerprint density at radius 2 is 1.55 bits per heavy atom. The van der Waals surface area contributed by atoms with Crippen molar-refractivity contribution in [2.75, 3.05) is 27.3 Å². The van der Waals surface area contributed by atoms with E-state index in [4.69, 9.17) is 15.2 Å². The summed E-state index contributed by atoms with van der Waals surface area (Å²) in [6.07, 6.45) is 1.00. The van der Waals surface area contributed by atoms with Crippen molar-refractivity contribution in [1.82, 2.24) is 4.90 Å². The van der Waals surface area contributed by atoms with Crippen LogP contribution in [0.2, 0.25) is 0 Å². The molecule has 1 aliphatic rings. The molecule has 0 radical (unpaired) electrons. The van der Waals surface area contributed by atoms with Crippen LogP contribution in [-0.4, -0.2) is 44.0 Å². The van der Waals surface area contributed by atoms with Crippen LogP contribution in [0.25, 0.3) is 11.1 Å². The molecule has 33 heavy (non-hydrogen) atoms. The normalized spacial score (nSPS) is 17.6. The molecule has 0 bridgehead atoms. The minimum atomic E-state index is -0.802. The van der Waals surface area contributed by atoms with Gasteiger partial charge >= 0.3 is 0 Å². The monoisotopic (exact) mass is 444 g/mol. The van der Waals surface area contributed by atoms with Gasteiger partial charge in [-0.25, -0.2) is 0 Å². The van der Waals surface area contributed by atoms with Gasteiger partial charge in [0.05, 0.1) is 25.2 Å². The number of carbonyl (C=O) groups excluding carboxylic acids is 2. The van der Waals surface area contributed by atoms with Gasteiger partial charge in [-0.1, -0.05) is 54.6 Å². The van der Waals surface area contributed by atoms with Crippen LogP contribution < -0.4 is 15.2 Å². The minimum absolute atomic E-state index is 0.151. The highest BCUT2D eigenvalue weighted by atomic mass is 16.5. The molecule has 4 rings (SSSR count). The van der Waals surface area contributed by atoms with E-state index in [1.807, 2.05) is 54.6 Å². The van der Waals surface area contributed by atoms with Gasteiger partial charge in [-0.3, -0.25) is 9.59 Å². The van der Waals surface area contributed by atoms with Gasteiger partial charge in [-0.2, -0.15) is 0 Å². The molecule has 2 N–H and O–H groups in total. The number of hydrogen-bond acceptors (Lipinski definition) is 4. The molecule has 1 saturated heterocycles. The summed E-state index contributed by atoms with van der Waals surface area (Å²) in [5.74, 6) is 0.792. The number of rotatable bonds is 7. The third-order valence-corrected chi connectivity index (χ3v) is 6.42. The number of likely N-dealkylation sites (tertiary alicyclic amines) is 1. The maximum absolute atomic E-state index is 13.1. The molecule has 6 heteroatoms. The average molecular weight is 445 g/mol. The van der Waals surface area contributed by atoms with Crippen LogP contribution in [0.15, 0.2) is 72.8 Å². The Bertz CT molecular complexity index is 1160. The first-order valence-electron chi connectivity index (χ1n) is 10.9. The van der Waals surface area contributed by atoms with E-state index in [0.29, 0.717) is 30.7 Å². The lowest BCUT2D eigenvalue weighted by Crippen LogP contribution is -2.42. The van der Waals surface area contributed by atoms with Gasteiger partial charge in [0.15, 0.2) is 0 Å². The van der Waals surface area contributed by atoms with Crippen molar-refractivity contribution in [3.63, 3.8) is 0 Å². The van der Waals surface area contributed by atoms with Gasteiger partial charge in [0.1, 0.15) is 11.5 Å². The number of amides is 2. The lowest BCUT2D eigenvalue weighted by atomic mass is 9.80. The molecule has 1 atom stereocenters. The van der Waals surface area contributed by atoms with E-state index in [9.17, 15) is 9.59 Å². The van der Waals surface area contributed by atoms with Crippen LogP contribution in [0.3, 0.4) is 0 Å². The summed E-state index contributed by atoms with van der Waals surface area (Å²) in [4.78, 5) is 27.4. The summed E-state index contributed by atoms with van der Waals surface area (Å²) in [6.45, 7) is 0.757. The lowest BCUT2D eigenvalue weighted by Gasteiger charge is -2.26. The van der Waals surface area contributed by atoms with Crippen molar-refractivity contribution >= 4 is 11.8 Å². The van der Waals surface area contributed by atoms with Crippen LogP contribution in [0, 0.1) is 5.41 Å². The first-order valence-corrected chi connectivity index (χ1v) is 10.9. The van der Waals surface area contributed by atoms with Crippen molar-refractivity contribution in [1.29, 1.82) is 0 Å². The van der Waals surface area contributed by atoms with E-state index in [1.165, 1.54) is 0 Å². The molecule has 170 valence electrons. The molecule has 3 aromatic carbocycles. The predicted octanol–water partition coefficient (Wildman–Crippen LogP) is 3.93. The average Bonchev–Trinajstić information content (AvgIpc) is 3.29. The van der Waals surface area contributed by atoms with Crippen LogP contribution >= 0.6 is 0 Å². The summed E-state index contributed by atoms with van der Waals surface area (Å²) in [6, 6.07) is 23.0. The van der Waals surface area contributed by atoms with Crippen molar-refractivity contribution < 1.29 is 19.1 Å². The fraction of sp³-hybridized carbons (Fsp3) is 0.259. The molecule has 0 aliphatic carbocycles. The third-order valence-electron chi connectivity index (χ3n) is 6.42. The van der Waals surface area contributed by atoms with E-state index in [-0.39, 0.29) is 18.4 Å². The molecule has 0 saturated carbocycles. The van der Waals surface area contributed by atoms with Crippen molar-refractivity contribution in [3.05, 3.63) is 83.9 Å². The number of hydrogen-bond donors (Lipinski definition) is 1. The highest BCUT2D eigenvalue weighted by Gasteiger charge is 2.45. The number of carbonyl (C=O) groups is 2. The molecule has 1 unspecified atom stereocenters. The molecular formula is C27H28N2O4. The predicted molar refractivity (Wildman–Crippen MR) is 127 cm³/mol. The second-order valence-electron chi connectivity index (χ2n) is 8.40. The van der Waals surface area contributed by atoms with Gasteiger partial charge in [-0.15, -0.1) is 0 Å². The van der Waals surface area contributed by atoms with Crippen molar-refractivity contribution in [3.8, 4) is 22.6 Å². The van der Waals surface area contributed by atoms with E-state index in [0.717, 1.165) is 22.4 Å². The zero-order valence-electron chi connectivity index (χ0n) is 18.9. The maximum atomic E-state index is 13.1. The summed E-state index contributed by atoms with van der Waals surface area (Å²) in [5, 5.41) is 0. The Kier molecular flexibility index (Phi) is 6.36. The van der Waals surface area contributed by atoms with E-state index in [2.05, 4.69) is 0 Å². The maximum Gasteiger partial charge on any atom is 0.257 e. The molecule has 6 nitrogen and oxygen atoms in total. The zero-order chi connectivity index (χ0) is 23.4. The van der Waals surface area contributed by atoms with E-state index >= 15 is 0 Å². The van der Waals surface area contributed by atoms with Crippen LogP contribution in [0.1, 0.15) is 22.3 Å². The second kappa shape index (κ2) is 9.36. The highest BCUT2D eigenvalue weighted by molar-refractivity contribution is 5.97. The molecule has 1 heterocycles. The summed E-state index contributed by atoms with van der Waals surface area (Å²) < 4.78 is 10.8. The van der Waals surface area contributed by atoms with Crippen molar-refractivity contribution in [2.45, 2.75) is 12.8 Å². The van der Waals surface area contributed by atoms with Crippen LogP contribution in [0.5, 0.6) is 11.5 Å². The van der Waals surface area contributed by atoms with Crippen LogP contribution in [0.4, 0.5) is 0 Å². The number of primary amides is 1. The fourth-order valence-electron chi connectivity index (χ4n) is 4.55. The van der Waals surface area contributed by atoms with E-state index in [1.54, 1.807) is 37.3 Å². The molecule has 2 amide bonds. The topological polar surface area (TPSA) is 81.9 Å². The van der Waals surface area contributed by atoms with Crippen LogP contribution in [-0.2, 0) is 11.2 Å². The quantitative estimate of drug-likeness (QED) is 0.599. The summed E-state index contributed by atoms with van der Waals surface area (Å²) in [5.41, 5.74) is 8.60. The van der Waals surface area contributed by atoms with Gasteiger partial charge in [-0.05, 0) is 42.2 Å². The molecule has 0 spiro atoms. The minimum Gasteiger partial charge on any atom is -0.496 e. The number of nitrogens with two attached hydrogens (primary N) is 1. The Hall–Kier alpha value is -3.80. The van der Waals surface area contributed by atoms with Gasteiger partial charge < -0.3 is 20.1 Å². The number of benzene rings is 3. The van der Waals surface area contributed by atoms with Gasteiger partial charge in [0.25, 0.3) is 5.91 Å².